The number of halogens is 2. The van der Waals surface area contributed by atoms with Gasteiger partial charge in [-0.15, -0.1) is 0 Å². The molecule has 3 heterocycles. The molecule has 20 heavy (non-hydrogen) atoms. The average Bonchev–Trinajstić information content (AvgIpc) is 2.37. The Balaban J connectivity index is 1.93. The van der Waals surface area contributed by atoms with Gasteiger partial charge >= 0.3 is 0 Å². The van der Waals surface area contributed by atoms with Crippen molar-refractivity contribution in [2.75, 3.05) is 18.0 Å². The van der Waals surface area contributed by atoms with Crippen LogP contribution < -0.4 is 4.90 Å². The van der Waals surface area contributed by atoms with Gasteiger partial charge in [-0.2, -0.15) is 0 Å². The summed E-state index contributed by atoms with van der Waals surface area (Å²) in [6, 6.07) is 5.90. The van der Waals surface area contributed by atoms with Crippen LogP contribution in [0.4, 0.5) is 14.6 Å². The van der Waals surface area contributed by atoms with Crippen LogP contribution in [-0.4, -0.2) is 29.0 Å². The Morgan fingerprint density at radius 1 is 1.10 bits per heavy atom. The van der Waals surface area contributed by atoms with Crippen LogP contribution in [0.25, 0.3) is 11.0 Å². The number of nitrogens with zero attached hydrogens (tertiary/aromatic N) is 3. The van der Waals surface area contributed by atoms with Gasteiger partial charge in [-0.1, -0.05) is 0 Å². The molecule has 0 aromatic carbocycles. The summed E-state index contributed by atoms with van der Waals surface area (Å²) < 4.78 is 26.4. The molecule has 1 aliphatic heterocycles. The first-order valence-electron chi connectivity index (χ1n) is 6.82. The predicted octanol–water partition coefficient (Wildman–Crippen LogP) is 3.48. The maximum atomic E-state index is 13.2. The molecule has 106 valence electrons. The molecule has 0 bridgehead atoms. The summed E-state index contributed by atoms with van der Waals surface area (Å²) in [4.78, 5) is 10.9. The smallest absolute Gasteiger partial charge is 0.251 e. The number of alkyl halides is 2. The van der Waals surface area contributed by atoms with Gasteiger partial charge in [-0.05, 0) is 37.6 Å². The Morgan fingerprint density at radius 3 is 2.50 bits per heavy atom. The normalized spacial score (nSPS) is 18.5. The summed E-state index contributed by atoms with van der Waals surface area (Å²) >= 11 is 0. The lowest BCUT2D eigenvalue weighted by atomic mass is 10.1. The van der Waals surface area contributed by atoms with Gasteiger partial charge in [0.15, 0.2) is 5.65 Å². The zero-order chi connectivity index (χ0) is 14.3. The van der Waals surface area contributed by atoms with E-state index in [2.05, 4.69) is 9.97 Å². The van der Waals surface area contributed by atoms with Crippen molar-refractivity contribution in [2.45, 2.75) is 32.6 Å². The minimum absolute atomic E-state index is 0.104. The lowest BCUT2D eigenvalue weighted by Gasteiger charge is -2.32. The van der Waals surface area contributed by atoms with Crippen LogP contribution in [-0.2, 0) is 0 Å². The first-order valence-corrected chi connectivity index (χ1v) is 6.82. The van der Waals surface area contributed by atoms with Gasteiger partial charge in [0.25, 0.3) is 5.92 Å². The summed E-state index contributed by atoms with van der Waals surface area (Å²) in [6.07, 6.45) is -0.208. The van der Waals surface area contributed by atoms with Crippen LogP contribution in [0.15, 0.2) is 18.2 Å². The highest BCUT2D eigenvalue weighted by Crippen LogP contribution is 2.30. The van der Waals surface area contributed by atoms with Crippen molar-refractivity contribution in [3.05, 3.63) is 29.5 Å². The van der Waals surface area contributed by atoms with Crippen molar-refractivity contribution < 1.29 is 8.78 Å². The fraction of sp³-hybridized carbons (Fsp3) is 0.467. The number of aryl methyl sites for hydroxylation is 2. The monoisotopic (exact) mass is 277 g/mol. The van der Waals surface area contributed by atoms with E-state index in [1.54, 1.807) is 0 Å². The van der Waals surface area contributed by atoms with Crippen LogP contribution >= 0.6 is 0 Å². The van der Waals surface area contributed by atoms with Gasteiger partial charge in [-0.25, -0.2) is 18.7 Å². The molecule has 0 saturated carbocycles. The first kappa shape index (κ1) is 13.2. The topological polar surface area (TPSA) is 29.0 Å². The number of fused-ring (bicyclic) bond motifs is 1. The van der Waals surface area contributed by atoms with Gasteiger partial charge < -0.3 is 4.90 Å². The highest BCUT2D eigenvalue weighted by molar-refractivity contribution is 5.80. The van der Waals surface area contributed by atoms with Crippen LogP contribution in [0, 0.1) is 13.8 Å². The molecule has 0 atom stereocenters. The second-order valence-corrected chi connectivity index (χ2v) is 5.46. The van der Waals surface area contributed by atoms with E-state index in [-0.39, 0.29) is 12.8 Å². The standard InChI is InChI=1S/C15H17F2N3/c1-10-9-11(2)18-14-12(10)3-4-13(19-14)20-7-5-15(16,17)6-8-20/h3-4,9H,5-8H2,1-2H3. The minimum Gasteiger partial charge on any atom is -0.356 e. The van der Waals surface area contributed by atoms with Gasteiger partial charge in [-0.3, -0.25) is 0 Å². The zero-order valence-corrected chi connectivity index (χ0v) is 11.7. The van der Waals surface area contributed by atoms with E-state index in [0.717, 1.165) is 22.5 Å². The first-order chi connectivity index (χ1) is 9.44. The number of anilines is 1. The van der Waals surface area contributed by atoms with Gasteiger partial charge in [0, 0.05) is 37.0 Å². The van der Waals surface area contributed by atoms with Crippen molar-refractivity contribution in [3.63, 3.8) is 0 Å². The van der Waals surface area contributed by atoms with E-state index in [9.17, 15) is 8.78 Å². The van der Waals surface area contributed by atoms with Crippen molar-refractivity contribution in [2.24, 2.45) is 0 Å². The molecule has 1 saturated heterocycles. The van der Waals surface area contributed by atoms with Crippen LogP contribution in [0.2, 0.25) is 0 Å². The van der Waals surface area contributed by atoms with Crippen molar-refractivity contribution in [1.29, 1.82) is 0 Å². The predicted molar refractivity (Wildman–Crippen MR) is 75.4 cm³/mol. The molecule has 1 fully saturated rings. The van der Waals surface area contributed by atoms with E-state index < -0.39 is 5.92 Å². The third-order valence-corrected chi connectivity index (χ3v) is 3.81. The molecule has 2 aromatic heterocycles. The Labute approximate surface area is 116 Å². The molecule has 0 radical (unpaired) electrons. The Hall–Kier alpha value is -1.78. The summed E-state index contributed by atoms with van der Waals surface area (Å²) in [5, 5.41) is 1.02. The van der Waals surface area contributed by atoms with E-state index in [0.29, 0.717) is 18.7 Å². The van der Waals surface area contributed by atoms with Crippen molar-refractivity contribution in [3.8, 4) is 0 Å². The summed E-state index contributed by atoms with van der Waals surface area (Å²) in [6.45, 7) is 4.65. The van der Waals surface area contributed by atoms with E-state index in [4.69, 9.17) is 0 Å². The third-order valence-electron chi connectivity index (χ3n) is 3.81. The molecule has 0 N–H and O–H groups in total. The molecule has 3 rings (SSSR count). The van der Waals surface area contributed by atoms with Gasteiger partial charge in [0.05, 0.1) is 0 Å². The second kappa shape index (κ2) is 4.65. The zero-order valence-electron chi connectivity index (χ0n) is 11.7. The molecule has 3 nitrogen and oxygen atoms in total. The van der Waals surface area contributed by atoms with Crippen LogP contribution in [0.5, 0.6) is 0 Å². The number of hydrogen-bond donors (Lipinski definition) is 0. The molecule has 2 aromatic rings. The van der Waals surface area contributed by atoms with Crippen molar-refractivity contribution >= 4 is 16.9 Å². The number of hydrogen-bond acceptors (Lipinski definition) is 3. The lowest BCUT2D eigenvalue weighted by molar-refractivity contribution is -0.0221. The van der Waals surface area contributed by atoms with E-state index >= 15 is 0 Å². The van der Waals surface area contributed by atoms with Gasteiger partial charge in [0.1, 0.15) is 5.82 Å². The van der Waals surface area contributed by atoms with E-state index in [1.165, 1.54) is 0 Å². The van der Waals surface area contributed by atoms with Crippen LogP contribution in [0.3, 0.4) is 0 Å². The highest BCUT2D eigenvalue weighted by Gasteiger charge is 2.34. The lowest BCUT2D eigenvalue weighted by Crippen LogP contribution is -2.39. The second-order valence-electron chi connectivity index (χ2n) is 5.46. The minimum atomic E-state index is -2.53. The maximum Gasteiger partial charge on any atom is 0.251 e. The molecule has 0 spiro atoms. The number of rotatable bonds is 1. The molecule has 0 amide bonds. The summed E-state index contributed by atoms with van der Waals surface area (Å²) in [7, 11) is 0. The number of piperidine rings is 1. The third kappa shape index (κ3) is 2.44. The fourth-order valence-corrected chi connectivity index (χ4v) is 2.66. The van der Waals surface area contributed by atoms with Crippen LogP contribution in [0.1, 0.15) is 24.1 Å². The SMILES string of the molecule is Cc1cc(C)c2ccc(N3CCC(F)(F)CC3)nc2n1. The average molecular weight is 277 g/mol. The highest BCUT2D eigenvalue weighted by atomic mass is 19.3. The largest absolute Gasteiger partial charge is 0.356 e. The quantitative estimate of drug-likeness (QED) is 0.799. The fourth-order valence-electron chi connectivity index (χ4n) is 2.66. The summed E-state index contributed by atoms with van der Waals surface area (Å²) in [5.74, 6) is -1.79. The number of aromatic nitrogens is 2. The molecule has 0 aliphatic carbocycles. The Morgan fingerprint density at radius 2 is 1.80 bits per heavy atom. The maximum absolute atomic E-state index is 13.2. The molecular formula is C15H17F2N3. The molecular weight excluding hydrogens is 260 g/mol. The molecule has 1 aliphatic rings. The van der Waals surface area contributed by atoms with Gasteiger partial charge in [0.2, 0.25) is 0 Å². The summed E-state index contributed by atoms with van der Waals surface area (Å²) in [5.41, 5.74) is 2.75. The van der Waals surface area contributed by atoms with E-state index in [1.807, 2.05) is 36.9 Å². The molecule has 0 unspecified atom stereocenters. The Bertz CT molecular complexity index is 645. The number of pyridine rings is 2. The van der Waals surface area contributed by atoms with Crippen molar-refractivity contribution in [1.82, 2.24) is 9.97 Å². The molecule has 5 heteroatoms. The Kier molecular flexibility index (Phi) is 3.07.